The van der Waals surface area contributed by atoms with Crippen LogP contribution >= 0.6 is 0 Å². The lowest BCUT2D eigenvalue weighted by Gasteiger charge is -2.15. The Morgan fingerprint density at radius 3 is 2.68 bits per heavy atom. The van der Waals surface area contributed by atoms with Crippen LogP contribution < -0.4 is 11.1 Å². The molecule has 3 atom stereocenters. The first-order valence-corrected chi connectivity index (χ1v) is 6.53. The van der Waals surface area contributed by atoms with Crippen molar-refractivity contribution in [2.24, 2.45) is 11.7 Å². The van der Waals surface area contributed by atoms with E-state index in [0.717, 1.165) is 12.8 Å². The SMILES string of the molecule is NC1CCC(C(=O)NCC(O)c2ccc(F)cc2)C1. The quantitative estimate of drug-likeness (QED) is 0.764. The summed E-state index contributed by atoms with van der Waals surface area (Å²) < 4.78 is 12.7. The van der Waals surface area contributed by atoms with Crippen molar-refractivity contribution in [3.05, 3.63) is 35.6 Å². The number of aliphatic hydroxyl groups is 1. The molecule has 104 valence electrons. The molecule has 4 nitrogen and oxygen atoms in total. The molecule has 1 fully saturated rings. The highest BCUT2D eigenvalue weighted by Gasteiger charge is 2.27. The molecule has 1 aromatic carbocycles. The Bertz CT molecular complexity index is 436. The summed E-state index contributed by atoms with van der Waals surface area (Å²) in [6, 6.07) is 5.71. The maximum absolute atomic E-state index is 12.7. The molecule has 2 rings (SSSR count). The molecule has 0 saturated heterocycles. The van der Waals surface area contributed by atoms with Crippen LogP contribution in [0, 0.1) is 11.7 Å². The first-order valence-electron chi connectivity index (χ1n) is 6.53. The minimum atomic E-state index is -0.820. The lowest BCUT2D eigenvalue weighted by molar-refractivity contribution is -0.125. The van der Waals surface area contributed by atoms with Gasteiger partial charge in [-0.3, -0.25) is 4.79 Å². The standard InChI is InChI=1S/C14H19FN2O2/c15-11-4-1-9(2-5-11)13(18)8-17-14(19)10-3-6-12(16)7-10/h1-2,4-5,10,12-13,18H,3,6-8,16H2,(H,17,19). The molecule has 1 aliphatic rings. The van der Waals surface area contributed by atoms with Crippen LogP contribution in [0.4, 0.5) is 4.39 Å². The van der Waals surface area contributed by atoms with Gasteiger partial charge in [-0.25, -0.2) is 4.39 Å². The second-order valence-corrected chi connectivity index (χ2v) is 5.08. The molecule has 1 amide bonds. The van der Waals surface area contributed by atoms with E-state index in [4.69, 9.17) is 5.73 Å². The zero-order valence-electron chi connectivity index (χ0n) is 10.7. The van der Waals surface area contributed by atoms with Gasteiger partial charge in [0.05, 0.1) is 6.10 Å². The highest BCUT2D eigenvalue weighted by atomic mass is 19.1. The molecule has 1 aromatic rings. The first-order chi connectivity index (χ1) is 9.06. The lowest BCUT2D eigenvalue weighted by atomic mass is 10.1. The number of carbonyl (C=O) groups is 1. The van der Waals surface area contributed by atoms with Crippen LogP contribution in [-0.2, 0) is 4.79 Å². The van der Waals surface area contributed by atoms with Crippen molar-refractivity contribution < 1.29 is 14.3 Å². The van der Waals surface area contributed by atoms with Gasteiger partial charge in [-0.1, -0.05) is 12.1 Å². The molecule has 0 heterocycles. The predicted octanol–water partition coefficient (Wildman–Crippen LogP) is 1.10. The van der Waals surface area contributed by atoms with Crippen molar-refractivity contribution in [2.75, 3.05) is 6.54 Å². The molecule has 1 aliphatic carbocycles. The third-order valence-corrected chi connectivity index (χ3v) is 3.57. The topological polar surface area (TPSA) is 75.4 Å². The minimum absolute atomic E-state index is 0.0459. The van der Waals surface area contributed by atoms with Gasteiger partial charge in [-0.2, -0.15) is 0 Å². The van der Waals surface area contributed by atoms with Gasteiger partial charge in [0, 0.05) is 18.5 Å². The number of nitrogens with two attached hydrogens (primary N) is 1. The number of hydrogen-bond acceptors (Lipinski definition) is 3. The Morgan fingerprint density at radius 2 is 2.11 bits per heavy atom. The van der Waals surface area contributed by atoms with E-state index in [1.165, 1.54) is 24.3 Å². The highest BCUT2D eigenvalue weighted by molar-refractivity contribution is 5.79. The van der Waals surface area contributed by atoms with Crippen molar-refractivity contribution >= 4 is 5.91 Å². The fourth-order valence-corrected chi connectivity index (χ4v) is 2.40. The summed E-state index contributed by atoms with van der Waals surface area (Å²) in [5.74, 6) is -0.454. The van der Waals surface area contributed by atoms with Crippen LogP contribution in [0.2, 0.25) is 0 Å². The summed E-state index contributed by atoms with van der Waals surface area (Å²) in [6.07, 6.45) is 1.57. The van der Waals surface area contributed by atoms with E-state index >= 15 is 0 Å². The molecule has 0 spiro atoms. The number of nitrogens with one attached hydrogen (secondary N) is 1. The van der Waals surface area contributed by atoms with Crippen LogP contribution in [0.3, 0.4) is 0 Å². The lowest BCUT2D eigenvalue weighted by Crippen LogP contribution is -2.33. The average Bonchev–Trinajstić information content (AvgIpc) is 2.83. The normalized spacial score (nSPS) is 24.2. The van der Waals surface area contributed by atoms with Gasteiger partial charge in [0.1, 0.15) is 5.82 Å². The van der Waals surface area contributed by atoms with Gasteiger partial charge in [0.25, 0.3) is 0 Å². The van der Waals surface area contributed by atoms with E-state index in [0.29, 0.717) is 12.0 Å². The largest absolute Gasteiger partial charge is 0.387 e. The number of rotatable bonds is 4. The van der Waals surface area contributed by atoms with Crippen LogP contribution in [0.15, 0.2) is 24.3 Å². The van der Waals surface area contributed by atoms with Crippen LogP contribution in [0.25, 0.3) is 0 Å². The molecule has 5 heteroatoms. The van der Waals surface area contributed by atoms with E-state index in [9.17, 15) is 14.3 Å². The zero-order valence-corrected chi connectivity index (χ0v) is 10.7. The van der Waals surface area contributed by atoms with E-state index in [1.807, 2.05) is 0 Å². The maximum atomic E-state index is 12.7. The number of hydrogen-bond donors (Lipinski definition) is 3. The predicted molar refractivity (Wildman–Crippen MR) is 69.7 cm³/mol. The van der Waals surface area contributed by atoms with Crippen molar-refractivity contribution in [3.8, 4) is 0 Å². The average molecular weight is 266 g/mol. The molecule has 0 bridgehead atoms. The Hall–Kier alpha value is -1.46. The summed E-state index contributed by atoms with van der Waals surface area (Å²) in [6.45, 7) is 0.135. The number of halogens is 1. The van der Waals surface area contributed by atoms with Crippen molar-refractivity contribution in [2.45, 2.75) is 31.4 Å². The van der Waals surface area contributed by atoms with Crippen LogP contribution in [-0.4, -0.2) is 23.6 Å². The van der Waals surface area contributed by atoms with Gasteiger partial charge < -0.3 is 16.2 Å². The third-order valence-electron chi connectivity index (χ3n) is 3.57. The van der Waals surface area contributed by atoms with Crippen molar-refractivity contribution in [1.29, 1.82) is 0 Å². The van der Waals surface area contributed by atoms with Gasteiger partial charge in [0.2, 0.25) is 5.91 Å². The first kappa shape index (κ1) is 14.0. The molecule has 3 unspecified atom stereocenters. The molecule has 19 heavy (non-hydrogen) atoms. The van der Waals surface area contributed by atoms with Crippen LogP contribution in [0.1, 0.15) is 30.9 Å². The summed E-state index contributed by atoms with van der Waals surface area (Å²) >= 11 is 0. The van der Waals surface area contributed by atoms with Crippen molar-refractivity contribution in [1.82, 2.24) is 5.32 Å². The van der Waals surface area contributed by atoms with E-state index in [-0.39, 0.29) is 30.2 Å². The van der Waals surface area contributed by atoms with Gasteiger partial charge in [0.15, 0.2) is 0 Å². The number of carbonyl (C=O) groups excluding carboxylic acids is 1. The summed E-state index contributed by atoms with van der Waals surface area (Å²) in [5, 5.41) is 12.6. The molecular formula is C14H19FN2O2. The maximum Gasteiger partial charge on any atom is 0.223 e. The van der Waals surface area contributed by atoms with E-state index < -0.39 is 6.10 Å². The van der Waals surface area contributed by atoms with Gasteiger partial charge in [-0.05, 0) is 37.0 Å². The Kier molecular flexibility index (Phi) is 4.50. The molecule has 0 radical (unpaired) electrons. The molecule has 0 aliphatic heterocycles. The Balaban J connectivity index is 1.81. The monoisotopic (exact) mass is 266 g/mol. The van der Waals surface area contributed by atoms with E-state index in [2.05, 4.69) is 5.32 Å². The highest BCUT2D eigenvalue weighted by Crippen LogP contribution is 2.24. The fraction of sp³-hybridized carbons (Fsp3) is 0.500. The number of benzene rings is 1. The molecule has 0 aromatic heterocycles. The second kappa shape index (κ2) is 6.12. The smallest absolute Gasteiger partial charge is 0.223 e. The van der Waals surface area contributed by atoms with Gasteiger partial charge in [-0.15, -0.1) is 0 Å². The van der Waals surface area contributed by atoms with Crippen molar-refractivity contribution in [3.63, 3.8) is 0 Å². The minimum Gasteiger partial charge on any atom is -0.387 e. The summed E-state index contributed by atoms with van der Waals surface area (Å²) in [7, 11) is 0. The zero-order chi connectivity index (χ0) is 13.8. The van der Waals surface area contributed by atoms with Gasteiger partial charge >= 0.3 is 0 Å². The Labute approximate surface area is 111 Å². The summed E-state index contributed by atoms with van der Waals surface area (Å²) in [4.78, 5) is 11.8. The fourth-order valence-electron chi connectivity index (χ4n) is 2.40. The molecule has 1 saturated carbocycles. The number of amides is 1. The molecular weight excluding hydrogens is 247 g/mol. The number of aliphatic hydroxyl groups excluding tert-OH is 1. The van der Waals surface area contributed by atoms with E-state index in [1.54, 1.807) is 0 Å². The van der Waals surface area contributed by atoms with Crippen LogP contribution in [0.5, 0.6) is 0 Å². The Morgan fingerprint density at radius 1 is 1.42 bits per heavy atom. The molecule has 4 N–H and O–H groups in total. The summed E-state index contributed by atoms with van der Waals surface area (Å²) in [5.41, 5.74) is 6.35. The third kappa shape index (κ3) is 3.75. The second-order valence-electron chi connectivity index (χ2n) is 5.08.